The van der Waals surface area contributed by atoms with Crippen LogP contribution in [0.3, 0.4) is 0 Å². The summed E-state index contributed by atoms with van der Waals surface area (Å²) in [6, 6.07) is 0. The highest BCUT2D eigenvalue weighted by Crippen LogP contribution is 2.91. The summed E-state index contributed by atoms with van der Waals surface area (Å²) in [6.07, 6.45) is 1.08. The van der Waals surface area contributed by atoms with E-state index in [0.717, 1.165) is 5.92 Å². The van der Waals surface area contributed by atoms with Gasteiger partial charge in [-0.2, -0.15) is 8.42 Å². The maximum Gasteiger partial charge on any atom is 0.264 e. The summed E-state index contributed by atoms with van der Waals surface area (Å²) in [5.41, 5.74) is 0. The Labute approximate surface area is 111 Å². The van der Waals surface area contributed by atoms with Gasteiger partial charge in [-0.15, -0.1) is 0 Å². The predicted octanol–water partition coefficient (Wildman–Crippen LogP) is 0.0719. The van der Waals surface area contributed by atoms with Crippen LogP contribution in [0.1, 0.15) is 0 Å². The molecule has 5 nitrogen and oxygen atoms in total. The molecule has 0 N–H and O–H groups in total. The first kappa shape index (κ1) is 10.5. The second kappa shape index (κ2) is 2.63. The molecule has 0 amide bonds. The zero-order valence-corrected chi connectivity index (χ0v) is 11.4. The van der Waals surface area contributed by atoms with Crippen LogP contribution in [-0.2, 0) is 23.8 Å². The maximum absolute atomic E-state index is 11.5. The molecule has 0 unspecified atom stereocenters. The van der Waals surface area contributed by atoms with Crippen LogP contribution < -0.4 is 0 Å². The molecule has 6 saturated carbocycles. The Kier molecular flexibility index (Phi) is 1.46. The summed E-state index contributed by atoms with van der Waals surface area (Å²) in [7, 11) is -3.36. The molecule has 4 bridgehead atoms. The Hall–Kier alpha value is -0.170. The van der Waals surface area contributed by atoms with E-state index < -0.39 is 10.1 Å². The average Bonchev–Trinajstić information content (AvgIpc) is 2.95. The molecular formula is C13H16O5S. The topological polar surface area (TPSA) is 61.8 Å². The molecule has 1 saturated heterocycles. The molecular weight excluding hydrogens is 268 g/mol. The first-order valence-corrected chi connectivity index (χ1v) is 9.02. The van der Waals surface area contributed by atoms with Gasteiger partial charge in [0.15, 0.2) is 5.79 Å². The van der Waals surface area contributed by atoms with Gasteiger partial charge in [-0.1, -0.05) is 0 Å². The van der Waals surface area contributed by atoms with Gasteiger partial charge in [-0.05, 0) is 35.5 Å². The van der Waals surface area contributed by atoms with Crippen molar-refractivity contribution < 1.29 is 22.1 Å². The van der Waals surface area contributed by atoms with Crippen LogP contribution in [0.5, 0.6) is 0 Å². The van der Waals surface area contributed by atoms with E-state index in [9.17, 15) is 8.42 Å². The standard InChI is InChI=1S/C13H16O5S/c1-19(14,15)18-12-8-4-5-7(8)11-9(12)6(4)10(5)13(11)16-2-3-17-13/h4-12H,2-3H2,1H3/t4-,5+,6+,7-,8-,9-,10+,11+,12+/m0/s1. The molecule has 9 atom stereocenters. The van der Waals surface area contributed by atoms with E-state index in [0.29, 0.717) is 54.6 Å². The monoisotopic (exact) mass is 284 g/mol. The van der Waals surface area contributed by atoms with Gasteiger partial charge in [0.2, 0.25) is 0 Å². The first-order chi connectivity index (χ1) is 9.05. The lowest BCUT2D eigenvalue weighted by Crippen LogP contribution is -2.61. The van der Waals surface area contributed by atoms with Crippen molar-refractivity contribution in [2.75, 3.05) is 19.5 Å². The smallest absolute Gasteiger partial charge is 0.264 e. The molecule has 7 fully saturated rings. The van der Waals surface area contributed by atoms with E-state index in [1.807, 2.05) is 0 Å². The Morgan fingerprint density at radius 2 is 1.53 bits per heavy atom. The zero-order chi connectivity index (χ0) is 12.7. The Balaban J connectivity index is 1.46. The molecule has 1 aliphatic heterocycles. The van der Waals surface area contributed by atoms with E-state index >= 15 is 0 Å². The van der Waals surface area contributed by atoms with Gasteiger partial charge in [0.25, 0.3) is 10.1 Å². The minimum absolute atomic E-state index is 0.0894. The number of ether oxygens (including phenoxy) is 2. The highest BCUT2D eigenvalue weighted by atomic mass is 32.2. The highest BCUT2D eigenvalue weighted by Gasteiger charge is 2.95. The van der Waals surface area contributed by atoms with Gasteiger partial charge in [0, 0.05) is 11.8 Å². The van der Waals surface area contributed by atoms with Gasteiger partial charge in [-0.25, -0.2) is 0 Å². The normalized spacial score (nSPS) is 64.8. The summed E-state index contributed by atoms with van der Waals surface area (Å²) < 4.78 is 40.5. The second-order valence-electron chi connectivity index (χ2n) is 7.20. The van der Waals surface area contributed by atoms with Crippen molar-refractivity contribution in [3.63, 3.8) is 0 Å². The minimum Gasteiger partial charge on any atom is -0.347 e. The fourth-order valence-electron chi connectivity index (χ4n) is 7.27. The summed E-state index contributed by atoms with van der Waals surface area (Å²) in [6.45, 7) is 1.39. The molecule has 1 heterocycles. The highest BCUT2D eigenvalue weighted by molar-refractivity contribution is 7.86. The van der Waals surface area contributed by atoms with Crippen molar-refractivity contribution in [3.8, 4) is 0 Å². The number of hydrogen-bond acceptors (Lipinski definition) is 5. The maximum atomic E-state index is 11.5. The Morgan fingerprint density at radius 3 is 2.16 bits per heavy atom. The minimum atomic E-state index is -3.36. The molecule has 0 aromatic carbocycles. The molecule has 0 aromatic heterocycles. The van der Waals surface area contributed by atoms with E-state index in [-0.39, 0.29) is 11.9 Å². The SMILES string of the molecule is CS(=O)(=O)O[C@@H]1[C@H]2[C@H]3[C@@H]4[C@@H]2[C@@H]2[C@@H]1[C@@H]3[C@@H]4C21OCCO1. The molecule has 1 spiro atoms. The lowest BCUT2D eigenvalue weighted by atomic mass is 9.41. The van der Waals surface area contributed by atoms with Gasteiger partial charge in [-0.3, -0.25) is 4.18 Å². The van der Waals surface area contributed by atoms with E-state index in [4.69, 9.17) is 13.7 Å². The third-order valence-corrected chi connectivity index (χ3v) is 7.61. The molecule has 104 valence electrons. The van der Waals surface area contributed by atoms with E-state index in [1.54, 1.807) is 0 Å². The second-order valence-corrected chi connectivity index (χ2v) is 8.80. The van der Waals surface area contributed by atoms with Crippen LogP contribution in [0.15, 0.2) is 0 Å². The van der Waals surface area contributed by atoms with Crippen molar-refractivity contribution in [2.45, 2.75) is 11.9 Å². The van der Waals surface area contributed by atoms with Crippen molar-refractivity contribution in [1.29, 1.82) is 0 Å². The lowest BCUT2D eigenvalue weighted by molar-refractivity contribution is -0.228. The molecule has 7 aliphatic rings. The van der Waals surface area contributed by atoms with Crippen LogP contribution in [0, 0.1) is 47.3 Å². The third kappa shape index (κ3) is 0.820. The van der Waals surface area contributed by atoms with E-state index in [2.05, 4.69) is 0 Å². The Bertz CT molecular complexity index is 594. The number of rotatable bonds is 2. The summed E-state index contributed by atoms with van der Waals surface area (Å²) >= 11 is 0. The number of hydrogen-bond donors (Lipinski definition) is 0. The fourth-order valence-corrected chi connectivity index (χ4v) is 7.93. The Morgan fingerprint density at radius 1 is 0.947 bits per heavy atom. The van der Waals surface area contributed by atoms with Crippen molar-refractivity contribution >= 4 is 10.1 Å². The lowest BCUT2D eigenvalue weighted by Gasteiger charge is -2.62. The van der Waals surface area contributed by atoms with Gasteiger partial charge in [0.1, 0.15) is 0 Å². The molecule has 0 radical (unpaired) electrons. The van der Waals surface area contributed by atoms with E-state index in [1.165, 1.54) is 6.26 Å². The largest absolute Gasteiger partial charge is 0.347 e. The van der Waals surface area contributed by atoms with Gasteiger partial charge < -0.3 is 9.47 Å². The van der Waals surface area contributed by atoms with Crippen molar-refractivity contribution in [3.05, 3.63) is 0 Å². The molecule has 0 aromatic rings. The van der Waals surface area contributed by atoms with Crippen LogP contribution in [-0.4, -0.2) is 39.8 Å². The molecule has 19 heavy (non-hydrogen) atoms. The quantitative estimate of drug-likeness (QED) is 0.672. The molecule has 6 aliphatic carbocycles. The first-order valence-electron chi connectivity index (χ1n) is 7.21. The summed E-state index contributed by atoms with van der Waals surface area (Å²) in [5, 5.41) is 0. The van der Waals surface area contributed by atoms with Gasteiger partial charge in [0.05, 0.1) is 25.6 Å². The summed E-state index contributed by atoms with van der Waals surface area (Å²) in [4.78, 5) is 0. The van der Waals surface area contributed by atoms with Crippen LogP contribution in [0.25, 0.3) is 0 Å². The van der Waals surface area contributed by atoms with Crippen molar-refractivity contribution in [2.24, 2.45) is 47.3 Å². The third-order valence-electron chi connectivity index (χ3n) is 7.04. The average molecular weight is 284 g/mol. The van der Waals surface area contributed by atoms with Crippen LogP contribution in [0.4, 0.5) is 0 Å². The van der Waals surface area contributed by atoms with Crippen molar-refractivity contribution in [1.82, 2.24) is 0 Å². The fraction of sp³-hybridized carbons (Fsp3) is 1.00. The van der Waals surface area contributed by atoms with Crippen LogP contribution in [0.2, 0.25) is 0 Å². The van der Waals surface area contributed by atoms with Gasteiger partial charge >= 0.3 is 0 Å². The molecule has 7 rings (SSSR count). The zero-order valence-electron chi connectivity index (χ0n) is 10.6. The van der Waals surface area contributed by atoms with Crippen LogP contribution >= 0.6 is 0 Å². The molecule has 6 heteroatoms. The summed E-state index contributed by atoms with van der Waals surface area (Å²) in [5.74, 6) is 4.06. The predicted molar refractivity (Wildman–Crippen MR) is 62.3 cm³/mol.